The number of nitrogens with zero attached hydrogens (tertiary/aromatic N) is 2. The first kappa shape index (κ1) is 14.8. The molecule has 0 fully saturated rings. The van der Waals surface area contributed by atoms with Crippen LogP contribution >= 0.6 is 11.6 Å². The average Bonchev–Trinajstić information content (AvgIpc) is 2.66. The second-order valence-electron chi connectivity index (χ2n) is 3.03. The molecule has 0 N–H and O–H groups in total. The van der Waals surface area contributed by atoms with Crippen molar-refractivity contribution in [2.24, 2.45) is 0 Å². The predicted molar refractivity (Wildman–Crippen MR) is 53.5 cm³/mol. The van der Waals surface area contributed by atoms with Crippen LogP contribution in [-0.4, -0.2) is 16.2 Å². The van der Waals surface area contributed by atoms with Gasteiger partial charge in [-0.05, 0) is 12.1 Å². The van der Waals surface area contributed by atoms with Gasteiger partial charge in [0, 0.05) is 0 Å². The Bertz CT molecular complexity index is 530. The Hall–Kier alpha value is -0.244. The fourth-order valence-electron chi connectivity index (χ4n) is 1.19. The van der Waals surface area contributed by atoms with Crippen LogP contribution in [-0.2, 0) is 11.2 Å². The molecular formula is C10H6ClKN2O3. The number of carboxylic acids is 1. The SMILES string of the molecule is O=C([O-])Cc1nnc(-c2ccccc2Cl)o1.[K+]. The van der Waals surface area contributed by atoms with Crippen LogP contribution in [0.15, 0.2) is 28.7 Å². The molecule has 0 unspecified atom stereocenters. The van der Waals surface area contributed by atoms with Crippen LogP contribution in [0.1, 0.15) is 5.89 Å². The number of halogens is 1. The molecule has 0 spiro atoms. The Morgan fingerprint density at radius 3 is 2.71 bits per heavy atom. The van der Waals surface area contributed by atoms with Gasteiger partial charge in [-0.3, -0.25) is 0 Å². The number of carbonyl (C=O) groups excluding carboxylic acids is 1. The quantitative estimate of drug-likeness (QED) is 0.589. The molecule has 0 atom stereocenters. The summed E-state index contributed by atoms with van der Waals surface area (Å²) in [6.07, 6.45) is -0.405. The second-order valence-corrected chi connectivity index (χ2v) is 3.44. The van der Waals surface area contributed by atoms with Gasteiger partial charge in [0.2, 0.25) is 11.8 Å². The first-order valence-corrected chi connectivity index (χ1v) is 4.82. The maximum Gasteiger partial charge on any atom is 1.00 e. The summed E-state index contributed by atoms with van der Waals surface area (Å²) in [4.78, 5) is 10.3. The summed E-state index contributed by atoms with van der Waals surface area (Å²) in [6, 6.07) is 6.92. The summed E-state index contributed by atoms with van der Waals surface area (Å²) >= 11 is 5.92. The number of rotatable bonds is 3. The number of carbonyl (C=O) groups is 1. The van der Waals surface area contributed by atoms with Crippen molar-refractivity contribution in [2.45, 2.75) is 6.42 Å². The van der Waals surface area contributed by atoms with Crippen LogP contribution < -0.4 is 56.5 Å². The van der Waals surface area contributed by atoms with Crippen molar-refractivity contribution < 1.29 is 65.7 Å². The minimum absolute atomic E-state index is 0. The molecule has 1 heterocycles. The van der Waals surface area contributed by atoms with Crippen molar-refractivity contribution in [3.05, 3.63) is 35.2 Å². The summed E-state index contributed by atoms with van der Waals surface area (Å²) in [5, 5.41) is 18.1. The molecule has 5 nitrogen and oxygen atoms in total. The van der Waals surface area contributed by atoms with Crippen LogP contribution in [0.5, 0.6) is 0 Å². The van der Waals surface area contributed by atoms with E-state index in [1.54, 1.807) is 24.3 Å². The number of hydrogen-bond donors (Lipinski definition) is 0. The molecule has 0 saturated heterocycles. The van der Waals surface area contributed by atoms with Crippen molar-refractivity contribution in [1.82, 2.24) is 10.2 Å². The Labute approximate surface area is 145 Å². The van der Waals surface area contributed by atoms with E-state index in [-0.39, 0.29) is 63.2 Å². The van der Waals surface area contributed by atoms with Gasteiger partial charge in [-0.15, -0.1) is 10.2 Å². The van der Waals surface area contributed by atoms with Gasteiger partial charge in [-0.25, -0.2) is 0 Å². The molecule has 0 aliphatic heterocycles. The van der Waals surface area contributed by atoms with E-state index in [1.165, 1.54) is 0 Å². The van der Waals surface area contributed by atoms with Crippen molar-refractivity contribution in [3.8, 4) is 11.5 Å². The van der Waals surface area contributed by atoms with Crippen LogP contribution in [0, 0.1) is 0 Å². The van der Waals surface area contributed by atoms with Crippen LogP contribution in [0.4, 0.5) is 0 Å². The molecule has 0 aliphatic carbocycles. The van der Waals surface area contributed by atoms with Crippen LogP contribution in [0.3, 0.4) is 0 Å². The molecule has 17 heavy (non-hydrogen) atoms. The number of hydrogen-bond acceptors (Lipinski definition) is 5. The molecule has 1 aromatic carbocycles. The van der Waals surface area contributed by atoms with E-state index >= 15 is 0 Å². The molecule has 0 saturated carbocycles. The maximum atomic E-state index is 10.3. The number of carboxylic acid groups (broad SMARTS) is 1. The molecule has 82 valence electrons. The summed E-state index contributed by atoms with van der Waals surface area (Å²) in [6.45, 7) is 0. The molecule has 0 aliphatic rings. The van der Waals surface area contributed by atoms with E-state index in [0.717, 1.165) is 0 Å². The monoisotopic (exact) mass is 276 g/mol. The predicted octanol–water partition coefficient (Wildman–Crippen LogP) is -2.31. The average molecular weight is 277 g/mol. The van der Waals surface area contributed by atoms with Gasteiger partial charge in [0.1, 0.15) is 0 Å². The van der Waals surface area contributed by atoms with E-state index in [1.807, 2.05) is 0 Å². The summed E-state index contributed by atoms with van der Waals surface area (Å²) in [5.41, 5.74) is 0.571. The van der Waals surface area contributed by atoms with E-state index in [4.69, 9.17) is 16.0 Å². The number of aliphatic carboxylic acids is 1. The van der Waals surface area contributed by atoms with E-state index in [2.05, 4.69) is 10.2 Å². The molecule has 0 radical (unpaired) electrons. The van der Waals surface area contributed by atoms with Gasteiger partial charge in [0.05, 0.1) is 23.0 Å². The Kier molecular flexibility index (Phi) is 5.77. The van der Waals surface area contributed by atoms with Gasteiger partial charge in [-0.2, -0.15) is 0 Å². The molecule has 0 amide bonds. The summed E-state index contributed by atoms with van der Waals surface area (Å²) < 4.78 is 5.13. The Balaban J connectivity index is 0.00000144. The van der Waals surface area contributed by atoms with Crippen molar-refractivity contribution >= 4 is 17.6 Å². The fourth-order valence-corrected chi connectivity index (χ4v) is 1.41. The first-order chi connectivity index (χ1) is 7.66. The largest absolute Gasteiger partial charge is 1.00 e. The first-order valence-electron chi connectivity index (χ1n) is 4.44. The minimum atomic E-state index is -1.27. The van der Waals surface area contributed by atoms with Crippen LogP contribution in [0.2, 0.25) is 5.02 Å². The number of benzene rings is 1. The third kappa shape index (κ3) is 3.87. The zero-order chi connectivity index (χ0) is 11.5. The van der Waals surface area contributed by atoms with Gasteiger partial charge in [0.15, 0.2) is 0 Å². The molecule has 2 aromatic rings. The minimum Gasteiger partial charge on any atom is -0.550 e. The van der Waals surface area contributed by atoms with Gasteiger partial charge < -0.3 is 14.3 Å². The van der Waals surface area contributed by atoms with Crippen molar-refractivity contribution in [3.63, 3.8) is 0 Å². The van der Waals surface area contributed by atoms with E-state index in [0.29, 0.717) is 10.6 Å². The zero-order valence-electron chi connectivity index (χ0n) is 9.01. The molecule has 7 heteroatoms. The molecule has 1 aromatic heterocycles. The van der Waals surface area contributed by atoms with Crippen LogP contribution in [0.25, 0.3) is 11.5 Å². The summed E-state index contributed by atoms with van der Waals surface area (Å²) in [5.74, 6) is -1.08. The summed E-state index contributed by atoms with van der Waals surface area (Å²) in [7, 11) is 0. The van der Waals surface area contributed by atoms with E-state index in [9.17, 15) is 9.90 Å². The van der Waals surface area contributed by atoms with Crippen molar-refractivity contribution in [2.75, 3.05) is 0 Å². The molecule has 0 bridgehead atoms. The van der Waals surface area contributed by atoms with Gasteiger partial charge in [-0.1, -0.05) is 23.7 Å². The fraction of sp³-hybridized carbons (Fsp3) is 0.100. The van der Waals surface area contributed by atoms with Crippen molar-refractivity contribution in [1.29, 1.82) is 0 Å². The van der Waals surface area contributed by atoms with E-state index < -0.39 is 12.4 Å². The zero-order valence-corrected chi connectivity index (χ0v) is 12.9. The Morgan fingerprint density at radius 1 is 1.35 bits per heavy atom. The third-order valence-corrected chi connectivity index (χ3v) is 2.20. The third-order valence-electron chi connectivity index (χ3n) is 1.87. The topological polar surface area (TPSA) is 79.0 Å². The Morgan fingerprint density at radius 2 is 2.06 bits per heavy atom. The molecule has 2 rings (SSSR count). The van der Waals surface area contributed by atoms with Gasteiger partial charge in [0.25, 0.3) is 0 Å². The maximum absolute atomic E-state index is 10.3. The smallest absolute Gasteiger partial charge is 0.550 e. The van der Waals surface area contributed by atoms with Gasteiger partial charge >= 0.3 is 51.4 Å². The normalized spacial score (nSPS) is 9.71. The number of aromatic nitrogens is 2. The standard InChI is InChI=1S/C10H7ClN2O3.K/c11-7-4-2-1-3-6(7)10-13-12-8(16-10)5-9(14)15;/h1-4H,5H2,(H,14,15);/q;+1/p-1. The molecular weight excluding hydrogens is 271 g/mol. The second kappa shape index (κ2) is 6.63.